The molecule has 0 bridgehead atoms. The standard InChI is InChI=1S/C22H23NO4S/c1-3-14-9-10-15(4-2)16(11-14)18(24)13-27-21(25)12-20-22(26)23-17-7-5-6-8-19(17)28-20/h5-11,20H,3-4,12-13H2,1-2H3,(H,23,26)/t20-/m1/s1. The van der Waals surface area contributed by atoms with Crippen LogP contribution in [0.25, 0.3) is 0 Å². The molecule has 0 saturated heterocycles. The molecule has 5 nitrogen and oxygen atoms in total. The molecule has 3 rings (SSSR count). The fourth-order valence-electron chi connectivity index (χ4n) is 3.07. The number of hydrogen-bond acceptors (Lipinski definition) is 5. The number of fused-ring (bicyclic) bond motifs is 1. The maximum atomic E-state index is 12.6. The van der Waals surface area contributed by atoms with Crippen LogP contribution < -0.4 is 5.32 Å². The Kier molecular flexibility index (Phi) is 6.52. The Bertz CT molecular complexity index is 909. The lowest BCUT2D eigenvalue weighted by Crippen LogP contribution is -2.31. The fourth-order valence-corrected chi connectivity index (χ4v) is 4.17. The van der Waals surface area contributed by atoms with Crippen LogP contribution in [0.4, 0.5) is 5.69 Å². The molecule has 0 aromatic heterocycles. The van der Waals surface area contributed by atoms with E-state index in [0.717, 1.165) is 34.6 Å². The van der Waals surface area contributed by atoms with Crippen molar-refractivity contribution in [3.8, 4) is 0 Å². The number of esters is 1. The minimum Gasteiger partial charge on any atom is -0.457 e. The van der Waals surface area contributed by atoms with Crippen molar-refractivity contribution < 1.29 is 19.1 Å². The SMILES string of the molecule is CCc1ccc(CC)c(C(=O)COC(=O)C[C@H]2Sc3ccccc3NC2=O)c1. The summed E-state index contributed by atoms with van der Waals surface area (Å²) >= 11 is 1.34. The van der Waals surface area contributed by atoms with E-state index in [0.29, 0.717) is 5.56 Å². The van der Waals surface area contributed by atoms with Gasteiger partial charge in [-0.2, -0.15) is 0 Å². The van der Waals surface area contributed by atoms with Gasteiger partial charge in [-0.15, -0.1) is 11.8 Å². The Morgan fingerprint density at radius 3 is 2.64 bits per heavy atom. The van der Waals surface area contributed by atoms with E-state index < -0.39 is 11.2 Å². The van der Waals surface area contributed by atoms with Crippen molar-refractivity contribution in [2.24, 2.45) is 0 Å². The van der Waals surface area contributed by atoms with Crippen LogP contribution in [0, 0.1) is 0 Å². The number of aryl methyl sites for hydroxylation is 2. The van der Waals surface area contributed by atoms with Crippen LogP contribution in [-0.2, 0) is 27.2 Å². The van der Waals surface area contributed by atoms with Gasteiger partial charge in [0.2, 0.25) is 11.7 Å². The van der Waals surface area contributed by atoms with Crippen molar-refractivity contribution in [2.75, 3.05) is 11.9 Å². The van der Waals surface area contributed by atoms with Crippen LogP contribution in [-0.4, -0.2) is 29.5 Å². The number of carbonyl (C=O) groups is 3. The first-order valence-electron chi connectivity index (χ1n) is 9.39. The van der Waals surface area contributed by atoms with Crippen LogP contribution in [0.15, 0.2) is 47.4 Å². The topological polar surface area (TPSA) is 72.5 Å². The zero-order chi connectivity index (χ0) is 20.1. The Labute approximate surface area is 168 Å². The third-order valence-electron chi connectivity index (χ3n) is 4.69. The minimum absolute atomic E-state index is 0.0756. The van der Waals surface area contributed by atoms with Gasteiger partial charge in [-0.25, -0.2) is 0 Å². The molecule has 0 spiro atoms. The Morgan fingerprint density at radius 1 is 1.11 bits per heavy atom. The first kappa shape index (κ1) is 20.1. The number of rotatable bonds is 7. The molecule has 0 radical (unpaired) electrons. The Hall–Kier alpha value is -2.60. The van der Waals surface area contributed by atoms with E-state index in [4.69, 9.17) is 4.74 Å². The molecule has 1 aliphatic rings. The normalized spacial score (nSPS) is 15.5. The van der Waals surface area contributed by atoms with Gasteiger partial charge in [0.1, 0.15) is 0 Å². The summed E-state index contributed by atoms with van der Waals surface area (Å²) in [6.07, 6.45) is 1.49. The summed E-state index contributed by atoms with van der Waals surface area (Å²) in [5.74, 6) is -0.993. The second-order valence-electron chi connectivity index (χ2n) is 6.58. The number of Topliss-reactive ketones (excluding diaryl/α,β-unsaturated/α-hetero) is 1. The van der Waals surface area contributed by atoms with Gasteiger partial charge in [0.25, 0.3) is 0 Å². The fraction of sp³-hybridized carbons (Fsp3) is 0.318. The van der Waals surface area contributed by atoms with Crippen LogP contribution in [0.1, 0.15) is 41.8 Å². The third-order valence-corrected chi connectivity index (χ3v) is 5.96. The summed E-state index contributed by atoms with van der Waals surface area (Å²) in [6, 6.07) is 13.3. The van der Waals surface area contributed by atoms with E-state index in [1.807, 2.05) is 56.3 Å². The van der Waals surface area contributed by atoms with Gasteiger partial charge < -0.3 is 10.1 Å². The summed E-state index contributed by atoms with van der Waals surface area (Å²) in [5.41, 5.74) is 3.37. The van der Waals surface area contributed by atoms with Gasteiger partial charge >= 0.3 is 5.97 Å². The molecule has 0 saturated carbocycles. The highest BCUT2D eigenvalue weighted by atomic mass is 32.2. The predicted molar refractivity (Wildman–Crippen MR) is 110 cm³/mol. The molecule has 1 heterocycles. The summed E-state index contributed by atoms with van der Waals surface area (Å²) in [6.45, 7) is 3.70. The Balaban J connectivity index is 1.59. The Morgan fingerprint density at radius 2 is 1.89 bits per heavy atom. The first-order valence-corrected chi connectivity index (χ1v) is 10.3. The van der Waals surface area contributed by atoms with Crippen molar-refractivity contribution in [3.63, 3.8) is 0 Å². The molecule has 146 valence electrons. The molecular weight excluding hydrogens is 374 g/mol. The van der Waals surface area contributed by atoms with Gasteiger partial charge in [-0.3, -0.25) is 14.4 Å². The smallest absolute Gasteiger partial charge is 0.307 e. The van der Waals surface area contributed by atoms with Crippen molar-refractivity contribution >= 4 is 35.1 Å². The summed E-state index contributed by atoms with van der Waals surface area (Å²) in [4.78, 5) is 37.9. The third kappa shape index (κ3) is 4.62. The first-order chi connectivity index (χ1) is 13.5. The number of nitrogens with one attached hydrogen (secondary N) is 1. The van der Waals surface area contributed by atoms with Gasteiger partial charge in [0.05, 0.1) is 17.4 Å². The van der Waals surface area contributed by atoms with Crippen LogP contribution in [0.2, 0.25) is 0 Å². The molecule has 1 atom stereocenters. The maximum absolute atomic E-state index is 12.6. The molecule has 1 amide bonds. The van der Waals surface area contributed by atoms with E-state index in [1.165, 1.54) is 11.8 Å². The molecular formula is C22H23NO4S. The number of thioether (sulfide) groups is 1. The molecule has 28 heavy (non-hydrogen) atoms. The lowest BCUT2D eigenvalue weighted by atomic mass is 9.98. The zero-order valence-corrected chi connectivity index (χ0v) is 16.8. The number of amides is 1. The van der Waals surface area contributed by atoms with Crippen molar-refractivity contribution in [2.45, 2.75) is 43.3 Å². The molecule has 2 aromatic rings. The highest BCUT2D eigenvalue weighted by Gasteiger charge is 2.29. The maximum Gasteiger partial charge on any atom is 0.307 e. The largest absolute Gasteiger partial charge is 0.457 e. The monoisotopic (exact) mass is 397 g/mol. The molecule has 2 aromatic carbocycles. The van der Waals surface area contributed by atoms with Crippen LogP contribution >= 0.6 is 11.8 Å². The van der Waals surface area contributed by atoms with Gasteiger partial charge in [-0.1, -0.05) is 38.1 Å². The van der Waals surface area contributed by atoms with E-state index in [-0.39, 0.29) is 24.7 Å². The molecule has 6 heteroatoms. The van der Waals surface area contributed by atoms with Crippen LogP contribution in [0.3, 0.4) is 0 Å². The minimum atomic E-state index is -0.563. The lowest BCUT2D eigenvalue weighted by molar-refractivity contribution is -0.143. The second kappa shape index (κ2) is 9.06. The number of benzene rings is 2. The highest BCUT2D eigenvalue weighted by Crippen LogP contribution is 2.36. The molecule has 0 aliphatic carbocycles. The number of para-hydroxylation sites is 1. The van der Waals surface area contributed by atoms with Crippen molar-refractivity contribution in [3.05, 3.63) is 59.2 Å². The number of ketones is 1. The number of ether oxygens (including phenoxy) is 1. The second-order valence-corrected chi connectivity index (χ2v) is 7.82. The number of anilines is 1. The highest BCUT2D eigenvalue weighted by molar-refractivity contribution is 8.01. The molecule has 1 aliphatic heterocycles. The van der Waals surface area contributed by atoms with Crippen molar-refractivity contribution in [1.82, 2.24) is 0 Å². The van der Waals surface area contributed by atoms with E-state index in [1.54, 1.807) is 0 Å². The van der Waals surface area contributed by atoms with Gasteiger partial charge in [0.15, 0.2) is 6.61 Å². The zero-order valence-electron chi connectivity index (χ0n) is 16.0. The van der Waals surface area contributed by atoms with Crippen LogP contribution in [0.5, 0.6) is 0 Å². The quantitative estimate of drug-likeness (QED) is 0.564. The number of carbonyl (C=O) groups excluding carboxylic acids is 3. The average Bonchev–Trinajstić information content (AvgIpc) is 2.72. The average molecular weight is 397 g/mol. The molecule has 0 unspecified atom stereocenters. The lowest BCUT2D eigenvalue weighted by Gasteiger charge is -2.23. The van der Waals surface area contributed by atoms with Crippen molar-refractivity contribution in [1.29, 1.82) is 0 Å². The van der Waals surface area contributed by atoms with E-state index in [2.05, 4.69) is 5.32 Å². The predicted octanol–water partition coefficient (Wildman–Crippen LogP) is 4.04. The van der Waals surface area contributed by atoms with Gasteiger partial charge in [-0.05, 0) is 42.2 Å². The van der Waals surface area contributed by atoms with E-state index in [9.17, 15) is 14.4 Å². The summed E-state index contributed by atoms with van der Waals surface area (Å²) in [7, 11) is 0. The molecule has 0 fully saturated rings. The number of hydrogen-bond donors (Lipinski definition) is 1. The molecule has 1 N–H and O–H groups in total. The van der Waals surface area contributed by atoms with Gasteiger partial charge in [0, 0.05) is 10.5 Å². The summed E-state index contributed by atoms with van der Waals surface area (Å²) < 4.78 is 5.19. The van der Waals surface area contributed by atoms with E-state index >= 15 is 0 Å². The summed E-state index contributed by atoms with van der Waals surface area (Å²) in [5, 5.41) is 2.24.